The van der Waals surface area contributed by atoms with Crippen LogP contribution in [0, 0.1) is 0 Å². The van der Waals surface area contributed by atoms with Crippen LogP contribution >= 0.6 is 0 Å². The maximum atomic E-state index is 13.2. The second kappa shape index (κ2) is 6.95. The van der Waals surface area contributed by atoms with E-state index in [4.69, 9.17) is 0 Å². The van der Waals surface area contributed by atoms with Gasteiger partial charge in [0.2, 0.25) is 0 Å². The molecule has 1 nitrogen and oxygen atoms in total. The fourth-order valence-corrected chi connectivity index (χ4v) is 1.45. The van der Waals surface area contributed by atoms with Gasteiger partial charge in [-0.05, 0) is 0 Å². The first-order valence-electron chi connectivity index (χ1n) is 6.25. The van der Waals surface area contributed by atoms with Gasteiger partial charge in [-0.3, -0.25) is 0 Å². The summed E-state index contributed by atoms with van der Waals surface area (Å²) in [7, 11) is 0. The van der Waals surface area contributed by atoms with Crippen molar-refractivity contribution in [2.75, 3.05) is 6.61 Å². The standard InChI is InChI=1S/C11H5F17O/c1-2-29-3-4(12,13)5(14,15)6(16,17)7(18,19)8(20,21)9(22,23)10(24,25)11(26,27)28/h2H,1,3H2. The molecule has 0 bridgehead atoms. The molecule has 18 heteroatoms. The van der Waals surface area contributed by atoms with Crippen molar-refractivity contribution in [3.8, 4) is 0 Å². The van der Waals surface area contributed by atoms with Gasteiger partial charge >= 0.3 is 47.6 Å². The zero-order chi connectivity index (χ0) is 24.1. The SMILES string of the molecule is C=COCC(F)(F)C(F)(F)C(F)(F)C(F)(F)C(F)(F)C(F)(F)C(F)(F)C(F)(F)F. The van der Waals surface area contributed by atoms with E-state index in [1.54, 1.807) is 0 Å². The summed E-state index contributed by atoms with van der Waals surface area (Å²) in [5.41, 5.74) is 0. The maximum Gasteiger partial charge on any atom is 0.460 e. The highest BCUT2D eigenvalue weighted by Gasteiger charge is 2.95. The molecule has 0 spiro atoms. The summed E-state index contributed by atoms with van der Waals surface area (Å²) in [6.07, 6.45) is -7.93. The summed E-state index contributed by atoms with van der Waals surface area (Å²) < 4.78 is 221. The molecule has 0 aliphatic rings. The first-order chi connectivity index (χ1) is 12.3. The Bertz CT molecular complexity index is 601. The van der Waals surface area contributed by atoms with Gasteiger partial charge in [0.25, 0.3) is 0 Å². The van der Waals surface area contributed by atoms with Gasteiger partial charge in [0.05, 0.1) is 6.26 Å². The normalized spacial score (nSPS) is 16.0. The molecule has 0 fully saturated rings. The van der Waals surface area contributed by atoms with Gasteiger partial charge in [0.15, 0.2) is 6.61 Å². The van der Waals surface area contributed by atoms with Crippen LogP contribution in [-0.4, -0.2) is 54.2 Å². The Balaban J connectivity index is 6.61. The van der Waals surface area contributed by atoms with E-state index in [-0.39, 0.29) is 6.26 Å². The van der Waals surface area contributed by atoms with E-state index >= 15 is 0 Å². The summed E-state index contributed by atoms with van der Waals surface area (Å²) in [5, 5.41) is 0. The van der Waals surface area contributed by atoms with Crippen molar-refractivity contribution in [1.82, 2.24) is 0 Å². The number of hydrogen-bond acceptors (Lipinski definition) is 1. The summed E-state index contributed by atoms with van der Waals surface area (Å²) in [4.78, 5) is 0. The van der Waals surface area contributed by atoms with E-state index < -0.39 is 54.2 Å². The largest absolute Gasteiger partial charge is 0.495 e. The molecular formula is C11H5F17O. The molecule has 0 aliphatic heterocycles. The lowest BCUT2D eigenvalue weighted by atomic mass is 9.89. The highest BCUT2D eigenvalue weighted by atomic mass is 19.4. The van der Waals surface area contributed by atoms with Crippen LogP contribution in [-0.2, 0) is 4.74 Å². The maximum absolute atomic E-state index is 13.2. The Kier molecular flexibility index (Phi) is 6.56. The van der Waals surface area contributed by atoms with Crippen molar-refractivity contribution in [1.29, 1.82) is 0 Å². The number of hydrogen-bond donors (Lipinski definition) is 0. The molecule has 0 N–H and O–H groups in total. The van der Waals surface area contributed by atoms with Crippen molar-refractivity contribution in [3.05, 3.63) is 12.8 Å². The van der Waals surface area contributed by atoms with Crippen molar-refractivity contribution >= 4 is 0 Å². The third-order valence-corrected chi connectivity index (χ3v) is 3.17. The summed E-state index contributed by atoms with van der Waals surface area (Å²) in [5.74, 6) is -56.4. The molecule has 0 rings (SSSR count). The molecule has 0 amide bonds. The second-order valence-electron chi connectivity index (χ2n) is 5.13. The van der Waals surface area contributed by atoms with Crippen molar-refractivity contribution in [2.45, 2.75) is 47.6 Å². The molecule has 0 aromatic carbocycles. The Morgan fingerprint density at radius 2 is 0.759 bits per heavy atom. The molecule has 0 heterocycles. The minimum atomic E-state index is -8.62. The van der Waals surface area contributed by atoms with Crippen LogP contribution in [0.4, 0.5) is 74.6 Å². The minimum Gasteiger partial charge on any atom is -0.495 e. The number of alkyl halides is 17. The summed E-state index contributed by atoms with van der Waals surface area (Å²) >= 11 is 0. The van der Waals surface area contributed by atoms with E-state index in [2.05, 4.69) is 11.3 Å². The van der Waals surface area contributed by atoms with Gasteiger partial charge in [-0.1, -0.05) is 6.58 Å². The first kappa shape index (κ1) is 27.4. The van der Waals surface area contributed by atoms with Crippen molar-refractivity contribution in [3.63, 3.8) is 0 Å². The van der Waals surface area contributed by atoms with Crippen LogP contribution in [0.3, 0.4) is 0 Å². The smallest absolute Gasteiger partial charge is 0.460 e. The molecule has 0 aliphatic carbocycles. The zero-order valence-electron chi connectivity index (χ0n) is 12.8. The van der Waals surface area contributed by atoms with E-state index in [0.717, 1.165) is 0 Å². The lowest BCUT2D eigenvalue weighted by Crippen LogP contribution is -2.74. The number of rotatable bonds is 9. The summed E-state index contributed by atoms with van der Waals surface area (Å²) in [6.45, 7) is -0.543. The molecule has 0 unspecified atom stereocenters. The van der Waals surface area contributed by atoms with Crippen LogP contribution in [0.5, 0.6) is 0 Å². The monoisotopic (exact) mass is 476 g/mol. The molecule has 0 atom stereocenters. The van der Waals surface area contributed by atoms with E-state index in [1.165, 1.54) is 0 Å². The zero-order valence-corrected chi connectivity index (χ0v) is 12.8. The molecule has 0 aromatic heterocycles. The molecule has 0 saturated heterocycles. The molecule has 29 heavy (non-hydrogen) atoms. The van der Waals surface area contributed by atoms with E-state index in [1.807, 2.05) is 0 Å². The van der Waals surface area contributed by atoms with Crippen LogP contribution in [0.2, 0.25) is 0 Å². The predicted molar refractivity (Wildman–Crippen MR) is 56.8 cm³/mol. The summed E-state index contributed by atoms with van der Waals surface area (Å²) in [6, 6.07) is 0. The predicted octanol–water partition coefficient (Wildman–Crippen LogP) is 6.16. The lowest BCUT2D eigenvalue weighted by Gasteiger charge is -2.42. The fraction of sp³-hybridized carbons (Fsp3) is 0.818. The number of halogens is 17. The van der Waals surface area contributed by atoms with Gasteiger partial charge in [-0.15, -0.1) is 0 Å². The average Bonchev–Trinajstić information content (AvgIpc) is 2.50. The van der Waals surface area contributed by atoms with Gasteiger partial charge in [0.1, 0.15) is 0 Å². The molecule has 0 aromatic rings. The van der Waals surface area contributed by atoms with Crippen molar-refractivity contribution < 1.29 is 79.4 Å². The van der Waals surface area contributed by atoms with Crippen molar-refractivity contribution in [2.24, 2.45) is 0 Å². The van der Waals surface area contributed by atoms with Crippen LogP contribution in [0.15, 0.2) is 12.8 Å². The van der Waals surface area contributed by atoms with Gasteiger partial charge < -0.3 is 4.74 Å². The van der Waals surface area contributed by atoms with Crippen LogP contribution in [0.25, 0.3) is 0 Å². The highest BCUT2D eigenvalue weighted by Crippen LogP contribution is 2.63. The Morgan fingerprint density at radius 3 is 1.03 bits per heavy atom. The quantitative estimate of drug-likeness (QED) is 0.287. The molecule has 0 radical (unpaired) electrons. The Hall–Kier alpha value is -1.65. The Labute approximate surface area is 148 Å². The Morgan fingerprint density at radius 1 is 0.483 bits per heavy atom. The minimum absolute atomic E-state index is 0.160. The van der Waals surface area contributed by atoms with Crippen LogP contribution in [0.1, 0.15) is 0 Å². The molecule has 174 valence electrons. The second-order valence-corrected chi connectivity index (χ2v) is 5.13. The van der Waals surface area contributed by atoms with Crippen LogP contribution < -0.4 is 0 Å². The lowest BCUT2D eigenvalue weighted by molar-refractivity contribution is -0.462. The fourth-order valence-electron chi connectivity index (χ4n) is 1.45. The van der Waals surface area contributed by atoms with Gasteiger partial charge in [-0.25, -0.2) is 0 Å². The average molecular weight is 476 g/mol. The molecular weight excluding hydrogens is 471 g/mol. The first-order valence-corrected chi connectivity index (χ1v) is 6.25. The van der Waals surface area contributed by atoms with E-state index in [9.17, 15) is 74.6 Å². The highest BCUT2D eigenvalue weighted by molar-refractivity contribution is 5.15. The van der Waals surface area contributed by atoms with Gasteiger partial charge in [-0.2, -0.15) is 74.6 Å². The van der Waals surface area contributed by atoms with E-state index in [0.29, 0.717) is 0 Å². The number of ether oxygens (including phenoxy) is 1. The topological polar surface area (TPSA) is 9.23 Å². The third kappa shape index (κ3) is 3.55. The third-order valence-electron chi connectivity index (χ3n) is 3.17. The van der Waals surface area contributed by atoms with Gasteiger partial charge in [0, 0.05) is 0 Å². The molecule has 0 saturated carbocycles.